The second kappa shape index (κ2) is 10.4. The Hall–Kier alpha value is -2.29. The number of halogens is 1. The largest absolute Gasteiger partial charge is 0.466 e. The van der Waals surface area contributed by atoms with Crippen LogP contribution >= 0.6 is 23.4 Å². The van der Waals surface area contributed by atoms with Crippen molar-refractivity contribution in [1.82, 2.24) is 14.7 Å². The summed E-state index contributed by atoms with van der Waals surface area (Å²) in [6.07, 6.45) is 5.50. The summed E-state index contributed by atoms with van der Waals surface area (Å²) in [5.41, 5.74) is 2.85. The molecule has 3 heterocycles. The third-order valence-electron chi connectivity index (χ3n) is 7.43. The Bertz CT molecular complexity index is 1090. The number of amidine groups is 1. The van der Waals surface area contributed by atoms with E-state index >= 15 is 0 Å². The van der Waals surface area contributed by atoms with Gasteiger partial charge in [-0.25, -0.2) is 9.79 Å². The second-order valence-corrected chi connectivity index (χ2v) is 10.7. The van der Waals surface area contributed by atoms with Crippen molar-refractivity contribution in [3.63, 3.8) is 0 Å². The number of thioether (sulfide) groups is 1. The lowest BCUT2D eigenvalue weighted by Crippen LogP contribution is -2.51. The second-order valence-electron chi connectivity index (χ2n) is 9.47. The highest BCUT2D eigenvalue weighted by atomic mass is 35.5. The predicted octanol–water partition coefficient (Wildman–Crippen LogP) is 4.56. The lowest BCUT2D eigenvalue weighted by molar-refractivity contribution is -0.136. The number of piperazine rings is 1. The van der Waals surface area contributed by atoms with Crippen molar-refractivity contribution in [2.24, 2.45) is 4.99 Å². The van der Waals surface area contributed by atoms with Gasteiger partial charge in [-0.2, -0.15) is 0 Å². The number of esters is 1. The Morgan fingerprint density at radius 1 is 1.11 bits per heavy atom. The van der Waals surface area contributed by atoms with E-state index in [0.29, 0.717) is 22.3 Å². The van der Waals surface area contributed by atoms with E-state index in [-0.39, 0.29) is 12.3 Å². The molecule has 9 heteroatoms. The van der Waals surface area contributed by atoms with Crippen LogP contribution in [0.25, 0.3) is 0 Å². The van der Waals surface area contributed by atoms with E-state index in [9.17, 15) is 9.59 Å². The van der Waals surface area contributed by atoms with Gasteiger partial charge in [0.1, 0.15) is 0 Å². The highest BCUT2D eigenvalue weighted by molar-refractivity contribution is 8.16. The van der Waals surface area contributed by atoms with E-state index < -0.39 is 12.0 Å². The number of hydrogen-bond donors (Lipinski definition) is 0. The highest BCUT2D eigenvalue weighted by Gasteiger charge is 2.41. The lowest BCUT2D eigenvalue weighted by atomic mass is 9.94. The number of carbonyl (C=O) groups is 2. The zero-order valence-corrected chi connectivity index (χ0v) is 21.8. The molecule has 1 aromatic rings. The first kappa shape index (κ1) is 24.4. The van der Waals surface area contributed by atoms with Crippen LogP contribution in [-0.4, -0.2) is 71.1 Å². The number of methoxy groups -OCH3 is 1. The standard InChI is InChI=1S/C26H31ClN4O3S/c1-17-23(25(33)34-2)24(18-7-9-19(27)10-8-18)31-21(16-35-26(31)28-17)15-22(32)30-13-11-29(12-14-30)20-5-3-4-6-20/h7-10,16,20,24H,3-6,11-15H2,1-2H3. The summed E-state index contributed by atoms with van der Waals surface area (Å²) in [5, 5.41) is 3.38. The topological polar surface area (TPSA) is 65.5 Å². The summed E-state index contributed by atoms with van der Waals surface area (Å²) in [7, 11) is 1.38. The minimum atomic E-state index is -0.430. The van der Waals surface area contributed by atoms with E-state index in [1.54, 1.807) is 0 Å². The van der Waals surface area contributed by atoms with Gasteiger partial charge in [0.05, 0.1) is 30.8 Å². The third-order valence-corrected chi connectivity index (χ3v) is 8.57. The fraction of sp³-hybridized carbons (Fsp3) is 0.500. The van der Waals surface area contributed by atoms with Crippen LogP contribution in [0.3, 0.4) is 0 Å². The highest BCUT2D eigenvalue weighted by Crippen LogP contribution is 2.45. The minimum Gasteiger partial charge on any atom is -0.466 e. The molecule has 35 heavy (non-hydrogen) atoms. The Kier molecular flexibility index (Phi) is 7.23. The molecule has 1 saturated heterocycles. The van der Waals surface area contributed by atoms with Gasteiger partial charge >= 0.3 is 5.97 Å². The monoisotopic (exact) mass is 514 g/mol. The first-order valence-corrected chi connectivity index (χ1v) is 13.5. The maximum Gasteiger partial charge on any atom is 0.338 e. The molecule has 3 aliphatic heterocycles. The molecule has 0 aromatic heterocycles. The van der Waals surface area contributed by atoms with Gasteiger partial charge < -0.3 is 14.5 Å². The maximum atomic E-state index is 13.3. The Labute approximate surface area is 215 Å². The molecule has 0 spiro atoms. The van der Waals surface area contributed by atoms with Crippen molar-refractivity contribution in [2.75, 3.05) is 33.3 Å². The Morgan fingerprint density at radius 2 is 1.80 bits per heavy atom. The van der Waals surface area contributed by atoms with Crippen molar-refractivity contribution in [2.45, 2.75) is 51.1 Å². The number of nitrogens with zero attached hydrogens (tertiary/aromatic N) is 4. The molecular formula is C26H31ClN4O3S. The number of hydrogen-bond acceptors (Lipinski definition) is 7. The van der Waals surface area contributed by atoms with Crippen molar-refractivity contribution in [3.05, 3.63) is 57.2 Å². The Morgan fingerprint density at radius 3 is 2.46 bits per heavy atom. The summed E-state index contributed by atoms with van der Waals surface area (Å²) in [6, 6.07) is 7.72. The van der Waals surface area contributed by atoms with Gasteiger partial charge in [-0.1, -0.05) is 48.3 Å². The summed E-state index contributed by atoms with van der Waals surface area (Å²) in [6.45, 7) is 5.26. The Balaban J connectivity index is 1.34. The molecule has 1 unspecified atom stereocenters. The number of ether oxygens (including phenoxy) is 1. The molecule has 2 fully saturated rings. The number of benzene rings is 1. The minimum absolute atomic E-state index is 0.116. The molecule has 186 valence electrons. The molecule has 1 saturated carbocycles. The molecule has 0 radical (unpaired) electrons. The van der Waals surface area contributed by atoms with Gasteiger partial charge in [-0.05, 0) is 42.9 Å². The number of carbonyl (C=O) groups excluding carboxylic acids is 2. The van der Waals surface area contributed by atoms with Gasteiger partial charge in [0, 0.05) is 42.9 Å². The van der Waals surface area contributed by atoms with E-state index in [2.05, 4.69) is 9.89 Å². The average Bonchev–Trinajstić information content (AvgIpc) is 3.54. The van der Waals surface area contributed by atoms with Crippen molar-refractivity contribution in [3.8, 4) is 0 Å². The molecule has 7 nitrogen and oxygen atoms in total. The number of fused-ring (bicyclic) bond motifs is 1. The summed E-state index contributed by atoms with van der Waals surface area (Å²) in [5.74, 6) is -0.305. The quantitative estimate of drug-likeness (QED) is 0.536. The number of amides is 1. The normalized spacial score (nSPS) is 23.3. The molecule has 1 atom stereocenters. The molecule has 1 aromatic carbocycles. The van der Waals surface area contributed by atoms with Crippen LogP contribution < -0.4 is 0 Å². The van der Waals surface area contributed by atoms with Crippen molar-refractivity contribution in [1.29, 1.82) is 0 Å². The van der Waals surface area contributed by atoms with Crippen LogP contribution in [0.1, 0.15) is 50.6 Å². The van der Waals surface area contributed by atoms with Crippen molar-refractivity contribution < 1.29 is 14.3 Å². The van der Waals surface area contributed by atoms with Gasteiger partial charge in [0.25, 0.3) is 0 Å². The van der Waals surface area contributed by atoms with Crippen LogP contribution in [-0.2, 0) is 14.3 Å². The first-order valence-electron chi connectivity index (χ1n) is 12.3. The predicted molar refractivity (Wildman–Crippen MR) is 139 cm³/mol. The third kappa shape index (κ3) is 4.88. The van der Waals surface area contributed by atoms with E-state index in [1.165, 1.54) is 44.6 Å². The molecule has 1 amide bonds. The number of allylic oxidation sites excluding steroid dienone is 1. The summed E-state index contributed by atoms with van der Waals surface area (Å²) < 4.78 is 5.12. The first-order chi connectivity index (χ1) is 17.0. The average molecular weight is 515 g/mol. The SMILES string of the molecule is COC(=O)C1=C(C)N=C2SC=C(CC(=O)N3CCN(C4CCCC4)CC3)N2C1c1ccc(Cl)cc1. The van der Waals surface area contributed by atoms with Crippen LogP contribution in [0.5, 0.6) is 0 Å². The van der Waals surface area contributed by atoms with Gasteiger partial charge in [0.15, 0.2) is 5.17 Å². The van der Waals surface area contributed by atoms with Crippen LogP contribution in [0.4, 0.5) is 0 Å². The number of aliphatic imine (C=N–C) groups is 1. The summed E-state index contributed by atoms with van der Waals surface area (Å²) >= 11 is 7.63. The number of rotatable bonds is 5. The van der Waals surface area contributed by atoms with Gasteiger partial charge in [0.2, 0.25) is 5.91 Å². The van der Waals surface area contributed by atoms with Gasteiger partial charge in [-0.3, -0.25) is 9.69 Å². The van der Waals surface area contributed by atoms with Crippen LogP contribution in [0.15, 0.2) is 51.6 Å². The van der Waals surface area contributed by atoms with Gasteiger partial charge in [-0.15, -0.1) is 0 Å². The maximum absolute atomic E-state index is 13.3. The van der Waals surface area contributed by atoms with Crippen LogP contribution in [0, 0.1) is 0 Å². The van der Waals surface area contributed by atoms with E-state index in [0.717, 1.165) is 42.6 Å². The smallest absolute Gasteiger partial charge is 0.338 e. The lowest BCUT2D eigenvalue weighted by Gasteiger charge is -2.39. The molecule has 0 bridgehead atoms. The van der Waals surface area contributed by atoms with Crippen LogP contribution in [0.2, 0.25) is 5.02 Å². The van der Waals surface area contributed by atoms with Crippen molar-refractivity contribution >= 4 is 40.4 Å². The van der Waals surface area contributed by atoms with E-state index in [1.807, 2.05) is 46.4 Å². The zero-order valence-electron chi connectivity index (χ0n) is 20.2. The molecular weight excluding hydrogens is 484 g/mol. The summed E-state index contributed by atoms with van der Waals surface area (Å²) in [4.78, 5) is 37.4. The fourth-order valence-electron chi connectivity index (χ4n) is 5.57. The van der Waals surface area contributed by atoms with E-state index in [4.69, 9.17) is 16.3 Å². The molecule has 1 aliphatic carbocycles. The molecule has 4 aliphatic rings. The fourth-order valence-corrected chi connectivity index (χ4v) is 6.66. The zero-order chi connectivity index (χ0) is 24.5. The molecule has 5 rings (SSSR count). The molecule has 0 N–H and O–H groups in total.